The summed E-state index contributed by atoms with van der Waals surface area (Å²) in [5, 5.41) is 0.762. The average Bonchev–Trinajstić information content (AvgIpc) is 2.94. The van der Waals surface area contributed by atoms with Crippen LogP contribution in [0.1, 0.15) is 21.9 Å². The summed E-state index contributed by atoms with van der Waals surface area (Å²) in [7, 11) is 0. The molecule has 0 aliphatic carbocycles. The molecule has 0 saturated carbocycles. The van der Waals surface area contributed by atoms with Crippen molar-refractivity contribution in [1.82, 2.24) is 15.0 Å². The van der Waals surface area contributed by atoms with E-state index in [0.717, 1.165) is 10.9 Å². The number of primary amides is 1. The van der Waals surface area contributed by atoms with E-state index in [1.54, 1.807) is 6.20 Å². The maximum absolute atomic E-state index is 11.2. The Kier molecular flexibility index (Phi) is 2.90. The molecule has 0 spiro atoms. The van der Waals surface area contributed by atoms with Gasteiger partial charge in [0.25, 0.3) is 5.91 Å². The van der Waals surface area contributed by atoms with Crippen LogP contribution in [0.2, 0.25) is 0 Å². The Morgan fingerprint density at radius 1 is 1.10 bits per heavy atom. The van der Waals surface area contributed by atoms with Crippen molar-refractivity contribution in [3.05, 3.63) is 59.7 Å². The predicted molar refractivity (Wildman–Crippen MR) is 74.8 cm³/mol. The zero-order valence-corrected chi connectivity index (χ0v) is 10.4. The molecule has 2 aromatic heterocycles. The topological polar surface area (TPSA) is 84.7 Å². The molecule has 0 radical (unpaired) electrons. The van der Waals surface area contributed by atoms with Crippen LogP contribution < -0.4 is 5.73 Å². The minimum absolute atomic E-state index is 0.0442. The first-order valence-corrected chi connectivity index (χ1v) is 5.96. The molecular weight excluding hydrogens is 252 g/mol. The van der Waals surface area contributed by atoms with Crippen molar-refractivity contribution < 1.29 is 4.79 Å². The van der Waals surface area contributed by atoms with Gasteiger partial charge in [0, 0.05) is 11.8 Å². The molecule has 5 nitrogen and oxygen atoms in total. The predicted octanol–water partition coefficient (Wildman–Crippen LogP) is 1.46. The average molecular weight is 262 g/mol. The highest BCUT2D eigenvalue weighted by atomic mass is 16.1. The zero-order valence-electron chi connectivity index (χ0n) is 10.4. The van der Waals surface area contributed by atoms with Gasteiger partial charge in [0.2, 0.25) is 5.82 Å². The highest BCUT2D eigenvalue weighted by Gasteiger charge is 2.10. The standard InChI is InChI=1S/C15H10N4O/c16-13(20)15-18-12(11-8-9-17-14(11)19-15)7-6-10-4-2-1-3-5-10/h1-5,8-9H,(H2,16,20)(H,17,18,19). The quantitative estimate of drug-likeness (QED) is 0.651. The van der Waals surface area contributed by atoms with Gasteiger partial charge < -0.3 is 10.7 Å². The number of aromatic nitrogens is 3. The van der Waals surface area contributed by atoms with E-state index in [1.807, 2.05) is 36.4 Å². The third-order valence-electron chi connectivity index (χ3n) is 2.74. The van der Waals surface area contributed by atoms with Gasteiger partial charge in [0.05, 0.1) is 5.39 Å². The number of aromatic amines is 1. The Morgan fingerprint density at radius 2 is 1.90 bits per heavy atom. The molecular formula is C15H10N4O. The van der Waals surface area contributed by atoms with Crippen molar-refractivity contribution in [3.8, 4) is 11.8 Å². The Balaban J connectivity index is 2.13. The highest BCUT2D eigenvalue weighted by Crippen LogP contribution is 2.13. The Bertz CT molecular complexity index is 840. The van der Waals surface area contributed by atoms with E-state index in [4.69, 9.17) is 5.73 Å². The summed E-state index contributed by atoms with van der Waals surface area (Å²) in [6.45, 7) is 0. The van der Waals surface area contributed by atoms with Gasteiger partial charge >= 0.3 is 0 Å². The molecule has 0 atom stereocenters. The summed E-state index contributed by atoms with van der Waals surface area (Å²) in [5.41, 5.74) is 7.12. The zero-order chi connectivity index (χ0) is 13.9. The van der Waals surface area contributed by atoms with E-state index < -0.39 is 5.91 Å². The largest absolute Gasteiger partial charge is 0.363 e. The van der Waals surface area contributed by atoms with Crippen LogP contribution in [0.3, 0.4) is 0 Å². The van der Waals surface area contributed by atoms with E-state index in [1.165, 1.54) is 0 Å². The van der Waals surface area contributed by atoms with E-state index >= 15 is 0 Å². The second-order valence-corrected chi connectivity index (χ2v) is 4.12. The minimum atomic E-state index is -0.677. The number of carbonyl (C=O) groups excluding carboxylic acids is 1. The fraction of sp³-hybridized carbons (Fsp3) is 0. The van der Waals surface area contributed by atoms with E-state index in [0.29, 0.717) is 11.3 Å². The molecule has 0 unspecified atom stereocenters. The molecule has 0 bridgehead atoms. The number of amides is 1. The molecule has 3 aromatic rings. The molecule has 2 heterocycles. The first-order valence-electron chi connectivity index (χ1n) is 5.96. The maximum Gasteiger partial charge on any atom is 0.286 e. The van der Waals surface area contributed by atoms with Gasteiger partial charge in [-0.1, -0.05) is 24.1 Å². The Labute approximate surface area is 114 Å². The number of nitrogens with two attached hydrogens (primary N) is 1. The maximum atomic E-state index is 11.2. The number of hydrogen-bond donors (Lipinski definition) is 2. The van der Waals surface area contributed by atoms with Crippen molar-refractivity contribution in [1.29, 1.82) is 0 Å². The van der Waals surface area contributed by atoms with Gasteiger partial charge in [-0.3, -0.25) is 4.79 Å². The fourth-order valence-corrected chi connectivity index (χ4v) is 1.80. The van der Waals surface area contributed by atoms with E-state index in [-0.39, 0.29) is 5.82 Å². The van der Waals surface area contributed by atoms with Crippen molar-refractivity contribution in [2.24, 2.45) is 5.73 Å². The monoisotopic (exact) mass is 262 g/mol. The Hall–Kier alpha value is -3.13. The third-order valence-corrected chi connectivity index (χ3v) is 2.74. The normalized spacial score (nSPS) is 10.0. The molecule has 96 valence electrons. The fourth-order valence-electron chi connectivity index (χ4n) is 1.80. The SMILES string of the molecule is NC(=O)c1nc(C#Cc2ccccc2)c2cc[nH]c2n1. The second kappa shape index (κ2) is 4.86. The van der Waals surface area contributed by atoms with Crippen molar-refractivity contribution in [2.45, 2.75) is 0 Å². The highest BCUT2D eigenvalue weighted by molar-refractivity contribution is 5.92. The second-order valence-electron chi connectivity index (χ2n) is 4.12. The lowest BCUT2D eigenvalue weighted by atomic mass is 10.2. The summed E-state index contributed by atoms with van der Waals surface area (Å²) in [5.74, 6) is 5.24. The number of nitrogens with zero attached hydrogens (tertiary/aromatic N) is 2. The van der Waals surface area contributed by atoms with E-state index in [2.05, 4.69) is 26.8 Å². The number of fused-ring (bicyclic) bond motifs is 1. The Morgan fingerprint density at radius 3 is 2.65 bits per heavy atom. The molecule has 0 fully saturated rings. The summed E-state index contributed by atoms with van der Waals surface area (Å²) in [6.07, 6.45) is 1.72. The first kappa shape index (κ1) is 11.9. The van der Waals surface area contributed by atoms with Gasteiger partial charge in [-0.2, -0.15) is 0 Å². The number of rotatable bonds is 1. The van der Waals surface area contributed by atoms with Crippen LogP contribution in [0, 0.1) is 11.8 Å². The number of benzene rings is 1. The molecule has 0 saturated heterocycles. The molecule has 3 N–H and O–H groups in total. The number of carbonyl (C=O) groups is 1. The lowest BCUT2D eigenvalue weighted by molar-refractivity contribution is 0.0990. The molecule has 20 heavy (non-hydrogen) atoms. The van der Waals surface area contributed by atoms with Crippen molar-refractivity contribution in [2.75, 3.05) is 0 Å². The van der Waals surface area contributed by atoms with Gasteiger partial charge in [-0.25, -0.2) is 9.97 Å². The lowest BCUT2D eigenvalue weighted by Crippen LogP contribution is -2.16. The number of nitrogens with one attached hydrogen (secondary N) is 1. The van der Waals surface area contributed by atoms with Crippen LogP contribution in [-0.4, -0.2) is 20.9 Å². The molecule has 0 aliphatic rings. The molecule has 1 amide bonds. The lowest BCUT2D eigenvalue weighted by Gasteiger charge is -1.97. The van der Waals surface area contributed by atoms with E-state index in [9.17, 15) is 4.79 Å². The van der Waals surface area contributed by atoms with Gasteiger partial charge in [0.15, 0.2) is 0 Å². The third kappa shape index (κ3) is 2.22. The summed E-state index contributed by atoms with van der Waals surface area (Å²) < 4.78 is 0. The van der Waals surface area contributed by atoms with Crippen LogP contribution in [-0.2, 0) is 0 Å². The van der Waals surface area contributed by atoms with Crippen LogP contribution in [0.4, 0.5) is 0 Å². The molecule has 5 heteroatoms. The van der Waals surface area contributed by atoms with Gasteiger partial charge in [-0.05, 0) is 24.1 Å². The summed E-state index contributed by atoms with van der Waals surface area (Å²) in [6, 6.07) is 11.4. The van der Waals surface area contributed by atoms with Crippen LogP contribution >= 0.6 is 0 Å². The molecule has 3 rings (SSSR count). The minimum Gasteiger partial charge on any atom is -0.363 e. The van der Waals surface area contributed by atoms with Crippen LogP contribution in [0.25, 0.3) is 11.0 Å². The van der Waals surface area contributed by atoms with Crippen LogP contribution in [0.15, 0.2) is 42.6 Å². The summed E-state index contributed by atoms with van der Waals surface area (Å²) in [4.78, 5) is 22.3. The molecule has 0 aliphatic heterocycles. The number of hydrogen-bond acceptors (Lipinski definition) is 3. The smallest absolute Gasteiger partial charge is 0.286 e. The van der Waals surface area contributed by atoms with Crippen LogP contribution in [0.5, 0.6) is 0 Å². The number of H-pyrrole nitrogens is 1. The molecule has 1 aromatic carbocycles. The van der Waals surface area contributed by atoms with Crippen molar-refractivity contribution >= 4 is 16.9 Å². The van der Waals surface area contributed by atoms with Gasteiger partial charge in [-0.15, -0.1) is 0 Å². The first-order chi connectivity index (χ1) is 9.74. The van der Waals surface area contributed by atoms with Gasteiger partial charge in [0.1, 0.15) is 11.3 Å². The summed E-state index contributed by atoms with van der Waals surface area (Å²) >= 11 is 0. The van der Waals surface area contributed by atoms with Crippen molar-refractivity contribution in [3.63, 3.8) is 0 Å².